The van der Waals surface area contributed by atoms with E-state index >= 15 is 0 Å². The van der Waals surface area contributed by atoms with Gasteiger partial charge in [0, 0.05) is 6.07 Å². The first-order chi connectivity index (χ1) is 15.4. The van der Waals surface area contributed by atoms with Crippen molar-refractivity contribution in [2.75, 3.05) is 38.4 Å². The summed E-state index contributed by atoms with van der Waals surface area (Å²) in [6.07, 6.45) is 1.05. The SMILES string of the molecule is COc1ccc(OC)c(N(CC(=O)NC(C)c2cc(C(C)C)c(OC)cc2C)S(C)(=O)=O)c1. The van der Waals surface area contributed by atoms with E-state index in [0.29, 0.717) is 11.5 Å². The molecule has 9 heteroatoms. The molecule has 1 amide bonds. The van der Waals surface area contributed by atoms with E-state index < -0.39 is 22.5 Å². The predicted molar refractivity (Wildman–Crippen MR) is 130 cm³/mol. The Labute approximate surface area is 196 Å². The topological polar surface area (TPSA) is 94.2 Å². The van der Waals surface area contributed by atoms with Crippen molar-refractivity contribution in [1.29, 1.82) is 0 Å². The fourth-order valence-electron chi connectivity index (χ4n) is 3.68. The van der Waals surface area contributed by atoms with Crippen molar-refractivity contribution < 1.29 is 27.4 Å². The van der Waals surface area contributed by atoms with Gasteiger partial charge in [0.2, 0.25) is 15.9 Å². The number of anilines is 1. The van der Waals surface area contributed by atoms with Gasteiger partial charge in [0.15, 0.2) is 0 Å². The molecular formula is C24H34N2O6S. The smallest absolute Gasteiger partial charge is 0.241 e. The molecule has 1 atom stereocenters. The van der Waals surface area contributed by atoms with Crippen LogP contribution in [-0.2, 0) is 14.8 Å². The number of rotatable bonds is 10. The van der Waals surface area contributed by atoms with Gasteiger partial charge in [-0.15, -0.1) is 0 Å². The van der Waals surface area contributed by atoms with E-state index in [4.69, 9.17) is 14.2 Å². The third-order valence-electron chi connectivity index (χ3n) is 5.43. The number of sulfonamides is 1. The van der Waals surface area contributed by atoms with Gasteiger partial charge in [-0.05, 0) is 60.7 Å². The van der Waals surface area contributed by atoms with Gasteiger partial charge in [0.25, 0.3) is 0 Å². The number of nitrogens with zero attached hydrogens (tertiary/aromatic N) is 1. The Morgan fingerprint density at radius 1 is 0.970 bits per heavy atom. The van der Waals surface area contributed by atoms with Crippen LogP contribution >= 0.6 is 0 Å². The van der Waals surface area contributed by atoms with Crippen LogP contribution in [0.1, 0.15) is 49.4 Å². The van der Waals surface area contributed by atoms with Crippen LogP contribution in [0, 0.1) is 6.92 Å². The Hall–Kier alpha value is -2.94. The van der Waals surface area contributed by atoms with Gasteiger partial charge in [-0.3, -0.25) is 9.10 Å². The summed E-state index contributed by atoms with van der Waals surface area (Å²) in [7, 11) is 0.768. The maximum atomic E-state index is 13.0. The largest absolute Gasteiger partial charge is 0.497 e. The number of methoxy groups -OCH3 is 3. The lowest BCUT2D eigenvalue weighted by molar-refractivity contribution is -0.120. The summed E-state index contributed by atoms with van der Waals surface area (Å²) < 4.78 is 42.2. The van der Waals surface area contributed by atoms with Crippen LogP contribution in [0.3, 0.4) is 0 Å². The summed E-state index contributed by atoms with van der Waals surface area (Å²) in [5.74, 6) is 1.36. The molecule has 1 unspecified atom stereocenters. The van der Waals surface area contributed by atoms with Gasteiger partial charge < -0.3 is 19.5 Å². The zero-order chi connectivity index (χ0) is 24.9. The van der Waals surface area contributed by atoms with Gasteiger partial charge in [-0.2, -0.15) is 0 Å². The number of hydrogen-bond donors (Lipinski definition) is 1. The number of hydrogen-bond acceptors (Lipinski definition) is 6. The standard InChI is InChI=1S/C24H34N2O6S/c1-15(2)19-13-20(16(3)11-23(19)32-7)17(4)25-24(27)14-26(33(8,28)29)21-12-18(30-5)9-10-22(21)31-6/h9-13,15,17H,14H2,1-8H3,(H,25,27). The molecule has 2 rings (SSSR count). The molecule has 0 aliphatic carbocycles. The van der Waals surface area contributed by atoms with Crippen molar-refractivity contribution in [2.24, 2.45) is 0 Å². The first kappa shape index (κ1) is 26.3. The average molecular weight is 479 g/mol. The highest BCUT2D eigenvalue weighted by molar-refractivity contribution is 7.92. The Morgan fingerprint density at radius 2 is 1.61 bits per heavy atom. The fraction of sp³-hybridized carbons (Fsp3) is 0.458. The minimum absolute atomic E-state index is 0.227. The summed E-state index contributed by atoms with van der Waals surface area (Å²) >= 11 is 0. The highest BCUT2D eigenvalue weighted by Crippen LogP contribution is 2.34. The Morgan fingerprint density at radius 3 is 2.12 bits per heavy atom. The number of nitrogens with one attached hydrogen (secondary N) is 1. The molecule has 0 spiro atoms. The van der Waals surface area contributed by atoms with E-state index in [1.807, 2.05) is 26.0 Å². The molecule has 0 radical (unpaired) electrons. The van der Waals surface area contributed by atoms with Crippen molar-refractivity contribution in [2.45, 2.75) is 39.7 Å². The zero-order valence-electron chi connectivity index (χ0n) is 20.6. The molecule has 0 saturated heterocycles. The summed E-state index contributed by atoms with van der Waals surface area (Å²) in [4.78, 5) is 13.0. The van der Waals surface area contributed by atoms with Gasteiger partial charge in [-0.25, -0.2) is 8.42 Å². The molecule has 0 saturated carbocycles. The highest BCUT2D eigenvalue weighted by Gasteiger charge is 2.26. The molecule has 8 nitrogen and oxygen atoms in total. The summed E-state index contributed by atoms with van der Waals surface area (Å²) in [5, 5.41) is 2.92. The van der Waals surface area contributed by atoms with Crippen molar-refractivity contribution in [3.05, 3.63) is 47.0 Å². The number of ether oxygens (including phenoxy) is 3. The normalized spacial score (nSPS) is 12.3. The lowest BCUT2D eigenvalue weighted by Gasteiger charge is -2.26. The van der Waals surface area contributed by atoms with Crippen LogP contribution in [0.2, 0.25) is 0 Å². The molecule has 0 aliphatic heterocycles. The highest BCUT2D eigenvalue weighted by atomic mass is 32.2. The van der Waals surface area contributed by atoms with Crippen LogP contribution in [0.4, 0.5) is 5.69 Å². The van der Waals surface area contributed by atoms with E-state index in [1.165, 1.54) is 20.3 Å². The Kier molecular flexibility index (Phi) is 8.60. The second-order valence-electron chi connectivity index (χ2n) is 8.20. The second kappa shape index (κ2) is 10.8. The fourth-order valence-corrected chi connectivity index (χ4v) is 4.53. The predicted octanol–water partition coefficient (Wildman–Crippen LogP) is 3.79. The third-order valence-corrected chi connectivity index (χ3v) is 6.55. The van der Waals surface area contributed by atoms with Crippen LogP contribution in [0.25, 0.3) is 0 Å². The maximum Gasteiger partial charge on any atom is 0.241 e. The Balaban J connectivity index is 2.34. The maximum absolute atomic E-state index is 13.0. The van der Waals surface area contributed by atoms with Crippen molar-refractivity contribution in [3.8, 4) is 17.2 Å². The van der Waals surface area contributed by atoms with Crippen molar-refractivity contribution in [1.82, 2.24) is 5.32 Å². The van der Waals surface area contributed by atoms with Crippen LogP contribution in [0.5, 0.6) is 17.2 Å². The number of carbonyl (C=O) groups excluding carboxylic acids is 1. The molecule has 0 aromatic heterocycles. The third kappa shape index (κ3) is 6.31. The number of carbonyl (C=O) groups is 1. The summed E-state index contributed by atoms with van der Waals surface area (Å²) in [6, 6.07) is 8.43. The molecular weight excluding hydrogens is 444 g/mol. The lowest BCUT2D eigenvalue weighted by atomic mass is 9.93. The van der Waals surface area contributed by atoms with Crippen molar-refractivity contribution >= 4 is 21.6 Å². The molecule has 1 N–H and O–H groups in total. The number of benzene rings is 2. The molecule has 2 aromatic rings. The lowest BCUT2D eigenvalue weighted by Crippen LogP contribution is -2.41. The van der Waals surface area contributed by atoms with E-state index in [9.17, 15) is 13.2 Å². The molecule has 182 valence electrons. The molecule has 0 bridgehead atoms. The first-order valence-electron chi connectivity index (χ1n) is 10.6. The minimum atomic E-state index is -3.79. The summed E-state index contributed by atoms with van der Waals surface area (Å²) in [5.41, 5.74) is 3.18. The average Bonchev–Trinajstić information content (AvgIpc) is 2.75. The minimum Gasteiger partial charge on any atom is -0.497 e. The van der Waals surface area contributed by atoms with Crippen molar-refractivity contribution in [3.63, 3.8) is 0 Å². The van der Waals surface area contributed by atoms with Gasteiger partial charge in [-0.1, -0.05) is 13.8 Å². The van der Waals surface area contributed by atoms with E-state index in [2.05, 4.69) is 19.2 Å². The Bertz CT molecular complexity index is 1100. The summed E-state index contributed by atoms with van der Waals surface area (Å²) in [6.45, 7) is 7.57. The quantitative estimate of drug-likeness (QED) is 0.558. The molecule has 2 aromatic carbocycles. The van der Waals surface area contributed by atoms with Crippen LogP contribution in [0.15, 0.2) is 30.3 Å². The number of aryl methyl sites for hydroxylation is 1. The van der Waals surface area contributed by atoms with Crippen LogP contribution in [-0.4, -0.2) is 48.5 Å². The number of amides is 1. The first-order valence-corrected chi connectivity index (χ1v) is 12.4. The van der Waals surface area contributed by atoms with E-state index in [1.54, 1.807) is 19.2 Å². The van der Waals surface area contributed by atoms with E-state index in [-0.39, 0.29) is 17.6 Å². The molecule has 0 heterocycles. The molecule has 0 fully saturated rings. The molecule has 33 heavy (non-hydrogen) atoms. The monoisotopic (exact) mass is 478 g/mol. The van der Waals surface area contributed by atoms with Crippen LogP contribution < -0.4 is 23.8 Å². The molecule has 0 aliphatic rings. The van der Waals surface area contributed by atoms with E-state index in [0.717, 1.165) is 33.0 Å². The second-order valence-corrected chi connectivity index (χ2v) is 10.1. The zero-order valence-corrected chi connectivity index (χ0v) is 21.4. The van der Waals surface area contributed by atoms with Gasteiger partial charge >= 0.3 is 0 Å². The van der Waals surface area contributed by atoms with Gasteiger partial charge in [0.05, 0.1) is 39.3 Å². The van der Waals surface area contributed by atoms with Gasteiger partial charge in [0.1, 0.15) is 23.8 Å².